The van der Waals surface area contributed by atoms with Gasteiger partial charge in [0.1, 0.15) is 27.3 Å². The first-order valence-corrected chi connectivity index (χ1v) is 14.9. The van der Waals surface area contributed by atoms with Crippen LogP contribution >= 0.6 is 11.3 Å². The van der Waals surface area contributed by atoms with Gasteiger partial charge in [-0.3, -0.25) is 14.2 Å². The molecule has 0 saturated carbocycles. The first-order chi connectivity index (χ1) is 20.3. The summed E-state index contributed by atoms with van der Waals surface area (Å²) >= 11 is 1.17. The molecule has 0 aliphatic rings. The first-order valence-electron chi connectivity index (χ1n) is 14.1. The SMILES string of the molecule is Cc1c(-n2nccn2)sc2c1c(=O)n(C(C)(C)C(=O)NC(C)C)c(=O)n2CC(OC(C)C)c1cc(F)ccc1CCC#N. The van der Waals surface area contributed by atoms with Crippen molar-refractivity contribution < 1.29 is 13.9 Å². The van der Waals surface area contributed by atoms with E-state index >= 15 is 0 Å². The number of fused-ring (bicyclic) bond motifs is 1. The fourth-order valence-corrected chi connectivity index (χ4v) is 6.25. The van der Waals surface area contributed by atoms with Crippen LogP contribution in [0.5, 0.6) is 0 Å². The van der Waals surface area contributed by atoms with E-state index in [1.807, 2.05) is 13.8 Å². The molecule has 0 saturated heterocycles. The van der Waals surface area contributed by atoms with E-state index in [-0.39, 0.29) is 30.5 Å². The highest BCUT2D eigenvalue weighted by molar-refractivity contribution is 7.21. The van der Waals surface area contributed by atoms with E-state index in [0.717, 1.165) is 4.57 Å². The summed E-state index contributed by atoms with van der Waals surface area (Å²) in [6.45, 7) is 11.9. The number of nitriles is 1. The highest BCUT2D eigenvalue weighted by atomic mass is 32.1. The number of carbonyl (C=O) groups excluding carboxylic acids is 1. The standard InChI is InChI=1S/C30H36FN7O4S/c1-17(2)35-28(40)30(6,7)37-25(39)24-19(5)26(38-33-13-14-34-38)43-27(24)36(29(37)41)16-23(42-18(3)4)22-15-21(31)11-10-20(22)9-8-12-32/h10-11,13-15,17-18,23H,8-9,16H2,1-7H3,(H,35,40). The topological polar surface area (TPSA) is 137 Å². The summed E-state index contributed by atoms with van der Waals surface area (Å²) in [6, 6.07) is 6.20. The van der Waals surface area contributed by atoms with Crippen LogP contribution in [-0.2, 0) is 28.0 Å². The van der Waals surface area contributed by atoms with E-state index in [2.05, 4.69) is 21.6 Å². The van der Waals surface area contributed by atoms with Crippen molar-refractivity contribution in [1.82, 2.24) is 29.4 Å². The third kappa shape index (κ3) is 6.30. The highest BCUT2D eigenvalue weighted by Crippen LogP contribution is 2.33. The molecule has 0 spiro atoms. The molecule has 11 nitrogen and oxygen atoms in total. The van der Waals surface area contributed by atoms with Crippen molar-refractivity contribution in [3.05, 3.63) is 73.9 Å². The van der Waals surface area contributed by atoms with Crippen LogP contribution < -0.4 is 16.6 Å². The summed E-state index contributed by atoms with van der Waals surface area (Å²) in [6.07, 6.45) is 2.46. The minimum absolute atomic E-state index is 0.0926. The van der Waals surface area contributed by atoms with Gasteiger partial charge in [-0.1, -0.05) is 17.4 Å². The van der Waals surface area contributed by atoms with E-state index in [0.29, 0.717) is 32.9 Å². The van der Waals surface area contributed by atoms with Crippen molar-refractivity contribution in [2.24, 2.45) is 0 Å². The molecule has 3 heterocycles. The summed E-state index contributed by atoms with van der Waals surface area (Å²) in [5.74, 6) is -0.977. The van der Waals surface area contributed by atoms with Crippen molar-refractivity contribution in [2.75, 3.05) is 0 Å². The van der Waals surface area contributed by atoms with Crippen molar-refractivity contribution in [2.45, 2.75) is 91.6 Å². The Bertz CT molecular complexity index is 1800. The van der Waals surface area contributed by atoms with Crippen LogP contribution in [0.25, 0.3) is 15.2 Å². The highest BCUT2D eigenvalue weighted by Gasteiger charge is 2.36. The number of aromatic nitrogens is 5. The van der Waals surface area contributed by atoms with E-state index in [1.54, 1.807) is 26.8 Å². The molecule has 43 heavy (non-hydrogen) atoms. The summed E-state index contributed by atoms with van der Waals surface area (Å²) in [7, 11) is 0. The van der Waals surface area contributed by atoms with Crippen LogP contribution in [0.3, 0.4) is 0 Å². The average Bonchev–Trinajstić information content (AvgIpc) is 3.57. The summed E-state index contributed by atoms with van der Waals surface area (Å²) < 4.78 is 23.3. The predicted octanol–water partition coefficient (Wildman–Crippen LogP) is 4.14. The van der Waals surface area contributed by atoms with Gasteiger partial charge in [-0.2, -0.15) is 15.5 Å². The number of aryl methyl sites for hydroxylation is 2. The quantitative estimate of drug-likeness (QED) is 0.270. The fourth-order valence-electron chi connectivity index (χ4n) is 5.03. The third-order valence-electron chi connectivity index (χ3n) is 7.07. The Morgan fingerprint density at radius 2 is 1.86 bits per heavy atom. The number of carbonyl (C=O) groups is 1. The lowest BCUT2D eigenvalue weighted by Crippen LogP contribution is -2.56. The maximum Gasteiger partial charge on any atom is 0.333 e. The van der Waals surface area contributed by atoms with Crippen molar-refractivity contribution >= 4 is 27.5 Å². The maximum atomic E-state index is 14.6. The molecular formula is C30H36FN7O4S. The van der Waals surface area contributed by atoms with E-state index < -0.39 is 34.6 Å². The van der Waals surface area contributed by atoms with Crippen molar-refractivity contribution in [3.8, 4) is 11.1 Å². The molecule has 0 aliphatic heterocycles. The third-order valence-corrected chi connectivity index (χ3v) is 8.35. The first kappa shape index (κ1) is 31.8. The maximum absolute atomic E-state index is 14.6. The lowest BCUT2D eigenvalue weighted by Gasteiger charge is -2.29. The van der Waals surface area contributed by atoms with Gasteiger partial charge in [-0.05, 0) is 78.1 Å². The van der Waals surface area contributed by atoms with Gasteiger partial charge in [-0.15, -0.1) is 4.80 Å². The number of hydrogen-bond acceptors (Lipinski definition) is 8. The monoisotopic (exact) mass is 609 g/mol. The summed E-state index contributed by atoms with van der Waals surface area (Å²) in [5.41, 5.74) is -1.12. The second-order valence-electron chi connectivity index (χ2n) is 11.4. The second-order valence-corrected chi connectivity index (χ2v) is 12.4. The molecule has 4 rings (SSSR count). The Hall–Kier alpha value is -4.15. The Kier molecular flexibility index (Phi) is 9.32. The van der Waals surface area contributed by atoms with Gasteiger partial charge in [-0.25, -0.2) is 13.8 Å². The Balaban J connectivity index is 2.04. The number of rotatable bonds is 11. The molecule has 0 radical (unpaired) electrons. The largest absolute Gasteiger partial charge is 0.369 e. The molecule has 4 aromatic rings. The van der Waals surface area contributed by atoms with E-state index in [4.69, 9.17) is 4.74 Å². The van der Waals surface area contributed by atoms with Gasteiger partial charge in [0.05, 0.1) is 36.5 Å². The van der Waals surface area contributed by atoms with Gasteiger partial charge in [0.25, 0.3) is 5.56 Å². The van der Waals surface area contributed by atoms with Gasteiger partial charge in [0, 0.05) is 18.0 Å². The number of nitrogens with zero attached hydrogens (tertiary/aromatic N) is 6. The van der Waals surface area contributed by atoms with Crippen LogP contribution in [-0.4, -0.2) is 42.2 Å². The minimum Gasteiger partial charge on any atom is -0.369 e. The second kappa shape index (κ2) is 12.6. The molecule has 13 heteroatoms. The fraction of sp³-hybridized carbons (Fsp3) is 0.467. The van der Waals surface area contributed by atoms with Gasteiger partial charge in [0.2, 0.25) is 5.91 Å². The zero-order chi connectivity index (χ0) is 31.6. The molecule has 0 aliphatic carbocycles. The Morgan fingerprint density at radius 3 is 2.47 bits per heavy atom. The van der Waals surface area contributed by atoms with Crippen LogP contribution in [0.2, 0.25) is 0 Å². The van der Waals surface area contributed by atoms with Crippen LogP contribution in [0, 0.1) is 24.1 Å². The van der Waals surface area contributed by atoms with Crippen LogP contribution in [0.1, 0.15) is 70.8 Å². The zero-order valence-electron chi connectivity index (χ0n) is 25.3. The molecule has 1 amide bonds. The van der Waals surface area contributed by atoms with Crippen LogP contribution in [0.15, 0.2) is 40.2 Å². The summed E-state index contributed by atoms with van der Waals surface area (Å²) in [4.78, 5) is 43.5. The molecule has 1 aromatic carbocycles. The van der Waals surface area contributed by atoms with Gasteiger partial charge in [0.15, 0.2) is 0 Å². The van der Waals surface area contributed by atoms with Crippen molar-refractivity contribution in [3.63, 3.8) is 0 Å². The molecule has 0 fully saturated rings. The normalized spacial score (nSPS) is 12.7. The van der Waals surface area contributed by atoms with Crippen molar-refractivity contribution in [1.29, 1.82) is 5.26 Å². The molecule has 3 aromatic heterocycles. The molecular weight excluding hydrogens is 573 g/mol. The molecule has 1 unspecified atom stereocenters. The predicted molar refractivity (Wildman–Crippen MR) is 162 cm³/mol. The zero-order valence-corrected chi connectivity index (χ0v) is 26.2. The molecule has 228 valence electrons. The number of nitrogens with one attached hydrogen (secondary N) is 1. The number of amides is 1. The Morgan fingerprint density at radius 1 is 1.19 bits per heavy atom. The molecule has 1 N–H and O–H groups in total. The number of thiophene rings is 1. The number of benzene rings is 1. The van der Waals surface area contributed by atoms with E-state index in [1.165, 1.54) is 59.1 Å². The molecule has 1 atom stereocenters. The Labute approximate surface area is 252 Å². The van der Waals surface area contributed by atoms with Crippen LogP contribution in [0.4, 0.5) is 4.39 Å². The lowest BCUT2D eigenvalue weighted by atomic mass is 9.98. The van der Waals surface area contributed by atoms with Gasteiger partial charge < -0.3 is 10.1 Å². The molecule has 0 bridgehead atoms. The smallest absolute Gasteiger partial charge is 0.333 e. The average molecular weight is 610 g/mol. The van der Waals surface area contributed by atoms with E-state index in [9.17, 15) is 24.0 Å². The number of hydrogen-bond donors (Lipinski definition) is 1. The minimum atomic E-state index is -1.56. The lowest BCUT2D eigenvalue weighted by molar-refractivity contribution is -0.129. The number of halogens is 1. The van der Waals surface area contributed by atoms with Gasteiger partial charge >= 0.3 is 5.69 Å². The number of ether oxygens (including phenoxy) is 1. The summed E-state index contributed by atoms with van der Waals surface area (Å²) in [5, 5.41) is 21.2.